The molecule has 1 saturated carbocycles. The van der Waals surface area contributed by atoms with E-state index < -0.39 is 0 Å². The van der Waals surface area contributed by atoms with Crippen molar-refractivity contribution in [2.75, 3.05) is 39.4 Å². The van der Waals surface area contributed by atoms with Gasteiger partial charge in [-0.3, -0.25) is 4.90 Å². The Morgan fingerprint density at radius 3 is 2.83 bits per heavy atom. The lowest BCUT2D eigenvalue weighted by molar-refractivity contribution is 0.0517. The van der Waals surface area contributed by atoms with Gasteiger partial charge in [0.1, 0.15) is 0 Å². The van der Waals surface area contributed by atoms with Crippen LogP contribution in [0.5, 0.6) is 0 Å². The maximum atomic E-state index is 9.86. The SMILES string of the molecule is CCNC(CO)(CN1CCCOC(C)C1)C1CC1. The summed E-state index contributed by atoms with van der Waals surface area (Å²) in [5, 5.41) is 13.4. The summed E-state index contributed by atoms with van der Waals surface area (Å²) < 4.78 is 5.69. The average molecular weight is 256 g/mol. The molecule has 2 fully saturated rings. The lowest BCUT2D eigenvalue weighted by Gasteiger charge is -2.38. The van der Waals surface area contributed by atoms with Crippen LogP contribution in [0.15, 0.2) is 0 Å². The molecule has 0 spiro atoms. The van der Waals surface area contributed by atoms with E-state index in [0.29, 0.717) is 12.0 Å². The van der Waals surface area contributed by atoms with Crippen molar-refractivity contribution in [1.82, 2.24) is 10.2 Å². The topological polar surface area (TPSA) is 44.7 Å². The zero-order chi connectivity index (χ0) is 13.0. The highest BCUT2D eigenvalue weighted by molar-refractivity contribution is 5.02. The summed E-state index contributed by atoms with van der Waals surface area (Å²) in [6.07, 6.45) is 3.92. The molecular weight excluding hydrogens is 228 g/mol. The van der Waals surface area contributed by atoms with Crippen LogP contribution in [0.25, 0.3) is 0 Å². The first-order valence-electron chi connectivity index (χ1n) is 7.40. The van der Waals surface area contributed by atoms with Gasteiger partial charge in [-0.15, -0.1) is 0 Å². The number of aliphatic hydroxyl groups excluding tert-OH is 1. The van der Waals surface area contributed by atoms with E-state index in [2.05, 4.69) is 24.1 Å². The van der Waals surface area contributed by atoms with Crippen LogP contribution in [0, 0.1) is 5.92 Å². The smallest absolute Gasteiger partial charge is 0.0673 e. The van der Waals surface area contributed by atoms with Crippen LogP contribution in [0.3, 0.4) is 0 Å². The lowest BCUT2D eigenvalue weighted by atomic mass is 9.93. The van der Waals surface area contributed by atoms with Gasteiger partial charge in [0.25, 0.3) is 0 Å². The Morgan fingerprint density at radius 1 is 1.44 bits per heavy atom. The standard InChI is InChI=1S/C14H28N2O2/c1-3-15-14(11-17,13-5-6-13)10-16-7-4-8-18-12(2)9-16/h12-13,15,17H,3-11H2,1-2H3. The van der Waals surface area contributed by atoms with Crippen LogP contribution < -0.4 is 5.32 Å². The number of nitrogens with one attached hydrogen (secondary N) is 1. The molecule has 1 heterocycles. The average Bonchev–Trinajstić information content (AvgIpc) is 3.17. The molecule has 2 aliphatic rings. The van der Waals surface area contributed by atoms with Gasteiger partial charge in [0.15, 0.2) is 0 Å². The Kier molecular flexibility index (Phi) is 5.01. The van der Waals surface area contributed by atoms with Crippen LogP contribution in [-0.4, -0.2) is 61.0 Å². The van der Waals surface area contributed by atoms with Crippen molar-refractivity contribution in [2.45, 2.75) is 44.8 Å². The zero-order valence-corrected chi connectivity index (χ0v) is 11.8. The molecule has 106 valence electrons. The van der Waals surface area contributed by atoms with Gasteiger partial charge >= 0.3 is 0 Å². The molecule has 2 N–H and O–H groups in total. The Balaban J connectivity index is 1.98. The summed E-state index contributed by atoms with van der Waals surface area (Å²) in [6.45, 7) is 9.34. The van der Waals surface area contributed by atoms with Crippen molar-refractivity contribution >= 4 is 0 Å². The summed E-state index contributed by atoms with van der Waals surface area (Å²) >= 11 is 0. The molecule has 2 unspecified atom stereocenters. The fraction of sp³-hybridized carbons (Fsp3) is 1.00. The minimum absolute atomic E-state index is 0.0845. The molecule has 18 heavy (non-hydrogen) atoms. The molecule has 4 nitrogen and oxygen atoms in total. The minimum Gasteiger partial charge on any atom is -0.394 e. The quantitative estimate of drug-likeness (QED) is 0.739. The van der Waals surface area contributed by atoms with Gasteiger partial charge in [-0.25, -0.2) is 0 Å². The fourth-order valence-corrected chi connectivity index (χ4v) is 3.18. The minimum atomic E-state index is -0.0845. The second kappa shape index (κ2) is 6.33. The molecule has 0 bridgehead atoms. The van der Waals surface area contributed by atoms with Crippen LogP contribution in [0.2, 0.25) is 0 Å². The van der Waals surface area contributed by atoms with Crippen molar-refractivity contribution in [1.29, 1.82) is 0 Å². The summed E-state index contributed by atoms with van der Waals surface area (Å²) in [5.74, 6) is 0.655. The number of aliphatic hydroxyl groups is 1. The van der Waals surface area contributed by atoms with E-state index in [-0.39, 0.29) is 12.1 Å². The lowest BCUT2D eigenvalue weighted by Crippen LogP contribution is -2.58. The first kappa shape index (κ1) is 14.3. The Bertz CT molecular complexity index is 258. The number of nitrogens with zero attached hydrogens (tertiary/aromatic N) is 1. The van der Waals surface area contributed by atoms with Crippen molar-refractivity contribution in [2.24, 2.45) is 5.92 Å². The second-order valence-corrected chi connectivity index (χ2v) is 5.89. The first-order chi connectivity index (χ1) is 8.70. The number of hydrogen-bond donors (Lipinski definition) is 2. The third-order valence-electron chi connectivity index (χ3n) is 4.21. The van der Waals surface area contributed by atoms with E-state index in [1.807, 2.05) is 0 Å². The number of rotatable bonds is 6. The van der Waals surface area contributed by atoms with Crippen molar-refractivity contribution in [3.05, 3.63) is 0 Å². The van der Waals surface area contributed by atoms with Crippen molar-refractivity contribution in [3.8, 4) is 0 Å². The molecule has 0 aromatic heterocycles. The predicted molar refractivity (Wildman–Crippen MR) is 72.7 cm³/mol. The molecule has 0 aromatic rings. The van der Waals surface area contributed by atoms with Gasteiger partial charge in [0, 0.05) is 26.2 Å². The third kappa shape index (κ3) is 3.44. The Labute approximate surface area is 111 Å². The first-order valence-corrected chi connectivity index (χ1v) is 7.40. The van der Waals surface area contributed by atoms with Crippen LogP contribution in [0.1, 0.15) is 33.1 Å². The molecule has 1 aliphatic carbocycles. The van der Waals surface area contributed by atoms with Gasteiger partial charge in [0.2, 0.25) is 0 Å². The molecular formula is C14H28N2O2. The largest absolute Gasteiger partial charge is 0.394 e. The summed E-state index contributed by atoms with van der Waals surface area (Å²) in [5.41, 5.74) is -0.0845. The zero-order valence-electron chi connectivity index (χ0n) is 11.8. The van der Waals surface area contributed by atoms with E-state index >= 15 is 0 Å². The maximum Gasteiger partial charge on any atom is 0.0673 e. The van der Waals surface area contributed by atoms with Gasteiger partial charge < -0.3 is 15.2 Å². The molecule has 1 aliphatic heterocycles. The third-order valence-corrected chi connectivity index (χ3v) is 4.21. The number of ether oxygens (including phenoxy) is 1. The van der Waals surface area contributed by atoms with E-state index in [1.165, 1.54) is 12.8 Å². The molecule has 2 rings (SSSR count). The van der Waals surface area contributed by atoms with Gasteiger partial charge in [-0.05, 0) is 38.6 Å². The molecule has 0 radical (unpaired) electrons. The van der Waals surface area contributed by atoms with E-state index in [0.717, 1.165) is 39.2 Å². The molecule has 0 amide bonds. The van der Waals surface area contributed by atoms with E-state index in [4.69, 9.17) is 4.74 Å². The van der Waals surface area contributed by atoms with Gasteiger partial charge in [-0.1, -0.05) is 6.92 Å². The highest BCUT2D eigenvalue weighted by Gasteiger charge is 2.45. The Hall–Kier alpha value is -0.160. The summed E-state index contributed by atoms with van der Waals surface area (Å²) in [4.78, 5) is 2.47. The summed E-state index contributed by atoms with van der Waals surface area (Å²) in [6, 6.07) is 0. The fourth-order valence-electron chi connectivity index (χ4n) is 3.18. The second-order valence-electron chi connectivity index (χ2n) is 5.89. The predicted octanol–water partition coefficient (Wildman–Crippen LogP) is 0.848. The number of likely N-dealkylation sites (N-methyl/N-ethyl adjacent to an activating group) is 1. The number of hydrogen-bond acceptors (Lipinski definition) is 4. The Morgan fingerprint density at radius 2 is 2.22 bits per heavy atom. The summed E-state index contributed by atoms with van der Waals surface area (Å²) in [7, 11) is 0. The molecule has 4 heteroatoms. The van der Waals surface area contributed by atoms with Gasteiger partial charge in [-0.2, -0.15) is 0 Å². The van der Waals surface area contributed by atoms with E-state index in [9.17, 15) is 5.11 Å². The molecule has 1 saturated heterocycles. The molecule has 2 atom stereocenters. The monoisotopic (exact) mass is 256 g/mol. The van der Waals surface area contributed by atoms with Gasteiger partial charge in [0.05, 0.1) is 18.2 Å². The van der Waals surface area contributed by atoms with Crippen molar-refractivity contribution < 1.29 is 9.84 Å². The van der Waals surface area contributed by atoms with E-state index in [1.54, 1.807) is 0 Å². The van der Waals surface area contributed by atoms with Crippen LogP contribution >= 0.6 is 0 Å². The highest BCUT2D eigenvalue weighted by atomic mass is 16.5. The van der Waals surface area contributed by atoms with Crippen molar-refractivity contribution in [3.63, 3.8) is 0 Å². The highest BCUT2D eigenvalue weighted by Crippen LogP contribution is 2.40. The maximum absolute atomic E-state index is 9.86. The van der Waals surface area contributed by atoms with Crippen LogP contribution in [-0.2, 0) is 4.74 Å². The molecule has 0 aromatic carbocycles. The van der Waals surface area contributed by atoms with Crippen LogP contribution in [0.4, 0.5) is 0 Å². The normalized spacial score (nSPS) is 29.8.